The predicted octanol–water partition coefficient (Wildman–Crippen LogP) is 5.85. The number of piperidine rings is 1. The van der Waals surface area contributed by atoms with E-state index in [1.807, 2.05) is 71.6 Å². The predicted molar refractivity (Wildman–Crippen MR) is 127 cm³/mol. The van der Waals surface area contributed by atoms with E-state index in [1.165, 1.54) is 6.08 Å². The number of amides is 1. The molecule has 5 rings (SSSR count). The first-order chi connectivity index (χ1) is 15.7. The first-order valence-corrected chi connectivity index (χ1v) is 10.9. The maximum Gasteiger partial charge on any atom is 0.246 e. The molecule has 1 saturated heterocycles. The topological polar surface area (TPSA) is 47.4 Å². The molecule has 0 spiro atoms. The monoisotopic (exact) mass is 423 g/mol. The second-order valence-corrected chi connectivity index (χ2v) is 8.03. The molecule has 0 radical (unpaired) electrons. The van der Waals surface area contributed by atoms with E-state index in [2.05, 4.69) is 23.4 Å². The molecule has 0 saturated carbocycles. The molecule has 1 fully saturated rings. The summed E-state index contributed by atoms with van der Waals surface area (Å²) in [5, 5.41) is 6.14. The molecule has 4 aromatic rings. The van der Waals surface area contributed by atoms with Crippen LogP contribution in [-0.4, -0.2) is 33.7 Å². The summed E-state index contributed by atoms with van der Waals surface area (Å²) in [6, 6.07) is 26.2. The van der Waals surface area contributed by atoms with Crippen LogP contribution in [0.1, 0.15) is 18.9 Å². The Bertz CT molecular complexity index is 1250. The fraction of sp³-hybridized carbons (Fsp3) is 0.185. The van der Waals surface area contributed by atoms with Crippen LogP contribution < -0.4 is 4.74 Å². The van der Waals surface area contributed by atoms with Gasteiger partial charge in [-0.3, -0.25) is 9.48 Å². The number of benzene rings is 3. The Balaban J connectivity index is 1.46. The highest BCUT2D eigenvalue weighted by Gasteiger charge is 2.26. The van der Waals surface area contributed by atoms with Crippen molar-refractivity contribution in [3.63, 3.8) is 0 Å². The van der Waals surface area contributed by atoms with Gasteiger partial charge in [-0.25, -0.2) is 0 Å². The second-order valence-electron chi connectivity index (χ2n) is 8.03. The maximum absolute atomic E-state index is 12.2. The molecule has 1 atom stereocenters. The third-order valence-corrected chi connectivity index (χ3v) is 5.95. The zero-order valence-electron chi connectivity index (χ0n) is 17.9. The van der Waals surface area contributed by atoms with E-state index >= 15 is 0 Å². The summed E-state index contributed by atoms with van der Waals surface area (Å²) < 4.78 is 8.03. The molecule has 32 heavy (non-hydrogen) atoms. The molecule has 0 aliphatic carbocycles. The number of para-hydroxylation sites is 2. The second kappa shape index (κ2) is 8.71. The third-order valence-electron chi connectivity index (χ3n) is 5.95. The van der Waals surface area contributed by atoms with E-state index in [4.69, 9.17) is 9.84 Å². The third kappa shape index (κ3) is 3.89. The molecular formula is C27H25N3O2. The van der Waals surface area contributed by atoms with Gasteiger partial charge in [0, 0.05) is 24.0 Å². The summed E-state index contributed by atoms with van der Waals surface area (Å²) in [6.45, 7) is 5.06. The van der Waals surface area contributed by atoms with Crippen molar-refractivity contribution < 1.29 is 9.53 Å². The molecule has 0 N–H and O–H groups in total. The Labute approximate surface area is 187 Å². The quantitative estimate of drug-likeness (QED) is 0.379. The molecule has 3 aromatic carbocycles. The van der Waals surface area contributed by atoms with Crippen molar-refractivity contribution in [1.29, 1.82) is 0 Å². The summed E-state index contributed by atoms with van der Waals surface area (Å²) in [7, 11) is 0. The summed E-state index contributed by atoms with van der Waals surface area (Å²) in [4.78, 5) is 14.0. The molecule has 0 bridgehead atoms. The largest absolute Gasteiger partial charge is 0.457 e. The normalized spacial score (nSPS) is 16.1. The minimum absolute atomic E-state index is 0.0135. The van der Waals surface area contributed by atoms with E-state index in [0.29, 0.717) is 6.54 Å². The van der Waals surface area contributed by atoms with Gasteiger partial charge in [-0.05, 0) is 61.4 Å². The highest BCUT2D eigenvalue weighted by molar-refractivity contribution is 5.93. The van der Waals surface area contributed by atoms with Gasteiger partial charge >= 0.3 is 0 Å². The van der Waals surface area contributed by atoms with Gasteiger partial charge in [-0.15, -0.1) is 0 Å². The summed E-state index contributed by atoms with van der Waals surface area (Å²) >= 11 is 0. The van der Waals surface area contributed by atoms with Crippen LogP contribution in [0.5, 0.6) is 11.5 Å². The smallest absolute Gasteiger partial charge is 0.246 e. The van der Waals surface area contributed by atoms with Gasteiger partial charge in [0.25, 0.3) is 0 Å². The van der Waals surface area contributed by atoms with Crippen LogP contribution in [0, 0.1) is 0 Å². The molecule has 1 aliphatic rings. The number of aromatic nitrogens is 2. The number of hydrogen-bond donors (Lipinski definition) is 0. The fourth-order valence-electron chi connectivity index (χ4n) is 4.37. The number of likely N-dealkylation sites (tertiary alicyclic amines) is 1. The first kappa shape index (κ1) is 20.1. The Hall–Kier alpha value is -3.86. The lowest BCUT2D eigenvalue weighted by Gasteiger charge is -2.32. The summed E-state index contributed by atoms with van der Waals surface area (Å²) in [6.07, 6.45) is 3.35. The van der Waals surface area contributed by atoms with E-state index in [9.17, 15) is 4.79 Å². The van der Waals surface area contributed by atoms with Crippen LogP contribution in [0.2, 0.25) is 0 Å². The van der Waals surface area contributed by atoms with E-state index in [0.717, 1.165) is 53.0 Å². The molecule has 5 heteroatoms. The maximum atomic E-state index is 12.2. The highest BCUT2D eigenvalue weighted by atomic mass is 16.5. The van der Waals surface area contributed by atoms with Gasteiger partial charge in [0.05, 0.1) is 11.6 Å². The van der Waals surface area contributed by atoms with Crippen LogP contribution in [0.25, 0.3) is 22.2 Å². The number of rotatable bonds is 5. The van der Waals surface area contributed by atoms with Gasteiger partial charge in [-0.2, -0.15) is 5.10 Å². The lowest BCUT2D eigenvalue weighted by Crippen LogP contribution is -2.40. The molecular weight excluding hydrogens is 398 g/mol. The van der Waals surface area contributed by atoms with Crippen LogP contribution in [0.15, 0.2) is 91.5 Å². The lowest BCUT2D eigenvalue weighted by atomic mass is 10.0. The number of hydrogen-bond acceptors (Lipinski definition) is 3. The average Bonchev–Trinajstić information content (AvgIpc) is 3.24. The fourth-order valence-corrected chi connectivity index (χ4v) is 4.37. The van der Waals surface area contributed by atoms with Gasteiger partial charge in [0.1, 0.15) is 17.2 Å². The minimum Gasteiger partial charge on any atom is -0.457 e. The number of nitrogens with zero attached hydrogens (tertiary/aromatic N) is 3. The van der Waals surface area contributed by atoms with Crippen molar-refractivity contribution in [3.05, 3.63) is 91.5 Å². The number of ether oxygens (including phenoxy) is 1. The van der Waals surface area contributed by atoms with Gasteiger partial charge in [0.15, 0.2) is 0 Å². The standard InChI is InChI=1S/C27H25N3O2/c1-2-26(31)29-18-8-9-21(19-29)30-25-13-7-6-12-24(25)27(28-30)20-14-16-23(17-15-20)32-22-10-4-3-5-11-22/h2-7,10-17,21H,1,8-9,18-19H2/t21-/m1/s1. The first-order valence-electron chi connectivity index (χ1n) is 10.9. The van der Waals surface area contributed by atoms with E-state index < -0.39 is 0 Å². The van der Waals surface area contributed by atoms with Crippen LogP contribution >= 0.6 is 0 Å². The Morgan fingerprint density at radius 2 is 1.69 bits per heavy atom. The zero-order chi connectivity index (χ0) is 21.9. The molecule has 5 nitrogen and oxygen atoms in total. The van der Waals surface area contributed by atoms with Crippen molar-refractivity contribution in [2.75, 3.05) is 13.1 Å². The molecule has 2 heterocycles. The van der Waals surface area contributed by atoms with Gasteiger partial charge < -0.3 is 9.64 Å². The van der Waals surface area contributed by atoms with Crippen molar-refractivity contribution in [2.45, 2.75) is 18.9 Å². The van der Waals surface area contributed by atoms with Crippen molar-refractivity contribution >= 4 is 16.8 Å². The van der Waals surface area contributed by atoms with Crippen LogP contribution in [-0.2, 0) is 4.79 Å². The summed E-state index contributed by atoms with van der Waals surface area (Å²) in [5.74, 6) is 1.58. The van der Waals surface area contributed by atoms with Crippen molar-refractivity contribution in [2.24, 2.45) is 0 Å². The summed E-state index contributed by atoms with van der Waals surface area (Å²) in [5.41, 5.74) is 3.07. The molecule has 1 aliphatic heterocycles. The van der Waals surface area contributed by atoms with Crippen molar-refractivity contribution in [3.8, 4) is 22.8 Å². The van der Waals surface area contributed by atoms with Gasteiger partial charge in [0.2, 0.25) is 5.91 Å². The Kier molecular flexibility index (Phi) is 5.46. The molecule has 1 amide bonds. The zero-order valence-corrected chi connectivity index (χ0v) is 17.9. The molecule has 160 valence electrons. The highest BCUT2D eigenvalue weighted by Crippen LogP contribution is 2.33. The molecule has 0 unspecified atom stereocenters. The van der Waals surface area contributed by atoms with E-state index in [1.54, 1.807) is 0 Å². The minimum atomic E-state index is -0.0135. The van der Waals surface area contributed by atoms with Gasteiger partial charge in [-0.1, -0.05) is 43.0 Å². The Morgan fingerprint density at radius 3 is 2.47 bits per heavy atom. The number of fused-ring (bicyclic) bond motifs is 1. The van der Waals surface area contributed by atoms with Crippen LogP contribution in [0.4, 0.5) is 0 Å². The SMILES string of the molecule is C=CC(=O)N1CCC[C@@H](n2nc(-c3ccc(Oc4ccccc4)cc3)c3ccccc32)C1. The Morgan fingerprint density at radius 1 is 0.969 bits per heavy atom. The molecule has 1 aromatic heterocycles. The van der Waals surface area contributed by atoms with Crippen LogP contribution in [0.3, 0.4) is 0 Å². The average molecular weight is 424 g/mol. The van der Waals surface area contributed by atoms with E-state index in [-0.39, 0.29) is 11.9 Å². The number of carbonyl (C=O) groups is 1. The van der Waals surface area contributed by atoms with Crippen molar-refractivity contribution in [1.82, 2.24) is 14.7 Å². The lowest BCUT2D eigenvalue weighted by molar-refractivity contribution is -0.127. The number of carbonyl (C=O) groups excluding carboxylic acids is 1.